The number of carbonyl (C=O) groups excluding carboxylic acids is 2. The topological polar surface area (TPSA) is 52.6 Å². The molecule has 0 aliphatic carbocycles. The molecule has 0 fully saturated rings. The Morgan fingerprint density at radius 1 is 0.618 bits per heavy atom. The van der Waals surface area contributed by atoms with Crippen LogP contribution in [0, 0.1) is 0 Å². The number of rotatable bonds is 6. The van der Waals surface area contributed by atoms with Gasteiger partial charge in [-0.2, -0.15) is 0 Å². The second-order valence-corrected chi connectivity index (χ2v) is 10.4. The van der Waals surface area contributed by atoms with Gasteiger partial charge in [-0.3, -0.25) is 9.59 Å². The number of ether oxygens (including phenoxy) is 2. The summed E-state index contributed by atoms with van der Waals surface area (Å²) in [6, 6.07) is 23.2. The molecule has 0 aliphatic rings. The molecule has 0 N–H and O–H groups in total. The van der Waals surface area contributed by atoms with Gasteiger partial charge >= 0.3 is 0 Å². The van der Waals surface area contributed by atoms with Gasteiger partial charge in [0, 0.05) is 0 Å². The molecule has 0 saturated carbocycles. The molecule has 0 amide bonds. The Hall–Kier alpha value is -2.70. The van der Waals surface area contributed by atoms with Gasteiger partial charge in [-0.25, -0.2) is 0 Å². The van der Waals surface area contributed by atoms with Crippen molar-refractivity contribution in [1.82, 2.24) is 0 Å². The summed E-state index contributed by atoms with van der Waals surface area (Å²) in [6.45, 7) is 3.65. The molecule has 0 bridgehead atoms. The van der Waals surface area contributed by atoms with Crippen LogP contribution in [-0.4, -0.2) is 35.4 Å². The molecule has 176 valence electrons. The lowest BCUT2D eigenvalue weighted by Crippen LogP contribution is -2.12. The SMILES string of the molecule is COc1ccc2ccccc2c1C(=O)C(C)Br.COc1ccc2ccccc2c1C(=O)C(C)Br. The minimum absolute atomic E-state index is 0.0404. The number of hydrogen-bond acceptors (Lipinski definition) is 4. The Bertz CT molecular complexity index is 1230. The van der Waals surface area contributed by atoms with Crippen LogP contribution in [0.15, 0.2) is 72.8 Å². The molecule has 2 unspecified atom stereocenters. The minimum atomic E-state index is -0.220. The summed E-state index contributed by atoms with van der Waals surface area (Å²) < 4.78 is 10.6. The third-order valence-corrected chi connectivity index (χ3v) is 6.27. The fourth-order valence-corrected chi connectivity index (χ4v) is 4.21. The molecule has 0 radical (unpaired) electrons. The maximum Gasteiger partial charge on any atom is 0.180 e. The van der Waals surface area contributed by atoms with Crippen LogP contribution in [0.4, 0.5) is 0 Å². The van der Waals surface area contributed by atoms with Crippen LogP contribution in [0.25, 0.3) is 21.5 Å². The number of fused-ring (bicyclic) bond motifs is 2. The van der Waals surface area contributed by atoms with Crippen molar-refractivity contribution in [2.24, 2.45) is 0 Å². The predicted octanol–water partition coefficient (Wildman–Crippen LogP) is 7.63. The van der Waals surface area contributed by atoms with Gasteiger partial charge in [0.15, 0.2) is 11.6 Å². The number of hydrogen-bond donors (Lipinski definition) is 0. The van der Waals surface area contributed by atoms with Crippen LogP contribution in [-0.2, 0) is 0 Å². The maximum absolute atomic E-state index is 12.2. The molecule has 6 heteroatoms. The minimum Gasteiger partial charge on any atom is -0.496 e. The predicted molar refractivity (Wildman–Crippen MR) is 146 cm³/mol. The molecule has 4 aromatic carbocycles. The van der Waals surface area contributed by atoms with E-state index in [0.29, 0.717) is 22.6 Å². The first-order valence-electron chi connectivity index (χ1n) is 10.8. The van der Waals surface area contributed by atoms with Crippen molar-refractivity contribution in [3.63, 3.8) is 0 Å². The van der Waals surface area contributed by atoms with Crippen LogP contribution in [0.5, 0.6) is 11.5 Å². The summed E-state index contributed by atoms with van der Waals surface area (Å²) >= 11 is 6.64. The summed E-state index contributed by atoms with van der Waals surface area (Å²) in [5.41, 5.74) is 1.30. The van der Waals surface area contributed by atoms with E-state index in [-0.39, 0.29) is 21.2 Å². The molecule has 4 aromatic rings. The average molecular weight is 586 g/mol. The number of Topliss-reactive ketones (excluding diaryl/α,β-unsaturated/α-hetero) is 2. The van der Waals surface area contributed by atoms with Crippen molar-refractivity contribution < 1.29 is 19.1 Å². The monoisotopic (exact) mass is 584 g/mol. The van der Waals surface area contributed by atoms with Crippen molar-refractivity contribution in [2.75, 3.05) is 14.2 Å². The summed E-state index contributed by atoms with van der Waals surface area (Å²) in [7, 11) is 3.17. The average Bonchev–Trinajstić information content (AvgIpc) is 2.86. The normalized spacial score (nSPS) is 12.4. The van der Waals surface area contributed by atoms with Gasteiger partial charge < -0.3 is 9.47 Å². The molecule has 0 saturated heterocycles. The summed E-state index contributed by atoms with van der Waals surface area (Å²) in [4.78, 5) is 24.0. The van der Waals surface area contributed by atoms with Gasteiger partial charge in [-0.05, 0) is 47.5 Å². The van der Waals surface area contributed by atoms with E-state index in [9.17, 15) is 9.59 Å². The standard InChI is InChI=1S/2C14H13BrO2/c2*1-9(15)14(16)13-11-6-4-3-5-10(11)7-8-12(13)17-2/h2*3-9H,1-2H3. The highest BCUT2D eigenvalue weighted by Crippen LogP contribution is 2.31. The number of ketones is 2. The Kier molecular flexibility index (Phi) is 8.86. The van der Waals surface area contributed by atoms with Gasteiger partial charge in [0.25, 0.3) is 0 Å². The van der Waals surface area contributed by atoms with Gasteiger partial charge in [0.2, 0.25) is 0 Å². The molecule has 2 atom stereocenters. The second-order valence-electron chi connectivity index (χ2n) is 7.69. The zero-order valence-electron chi connectivity index (χ0n) is 19.5. The number of alkyl halides is 2. The fraction of sp³-hybridized carbons (Fsp3) is 0.214. The first-order chi connectivity index (χ1) is 16.3. The molecule has 4 rings (SSSR count). The lowest BCUT2D eigenvalue weighted by molar-refractivity contribution is 0.0986. The molecule has 0 aromatic heterocycles. The first-order valence-corrected chi connectivity index (χ1v) is 12.6. The molecule has 0 spiro atoms. The summed E-state index contributed by atoms with van der Waals surface area (Å²) in [6.07, 6.45) is 0. The largest absolute Gasteiger partial charge is 0.496 e. The van der Waals surface area contributed by atoms with E-state index >= 15 is 0 Å². The van der Waals surface area contributed by atoms with Crippen molar-refractivity contribution in [3.8, 4) is 11.5 Å². The van der Waals surface area contributed by atoms with Crippen molar-refractivity contribution in [3.05, 3.63) is 83.9 Å². The number of benzene rings is 4. The molecule has 4 nitrogen and oxygen atoms in total. The molecule has 34 heavy (non-hydrogen) atoms. The highest BCUT2D eigenvalue weighted by molar-refractivity contribution is 9.10. The number of halogens is 2. The molecule has 0 heterocycles. The highest BCUT2D eigenvalue weighted by atomic mass is 79.9. The zero-order valence-corrected chi connectivity index (χ0v) is 22.6. The maximum atomic E-state index is 12.2. The van der Waals surface area contributed by atoms with Crippen LogP contribution >= 0.6 is 31.9 Å². The van der Waals surface area contributed by atoms with Crippen LogP contribution in [0.2, 0.25) is 0 Å². The lowest BCUT2D eigenvalue weighted by Gasteiger charge is -2.12. The summed E-state index contributed by atoms with van der Waals surface area (Å²) in [5, 5.41) is 3.96. The Morgan fingerprint density at radius 3 is 1.29 bits per heavy atom. The highest BCUT2D eigenvalue weighted by Gasteiger charge is 2.20. The van der Waals surface area contributed by atoms with Crippen LogP contribution in [0.3, 0.4) is 0 Å². The van der Waals surface area contributed by atoms with Gasteiger partial charge in [0.1, 0.15) is 11.5 Å². The quantitative estimate of drug-likeness (QED) is 0.172. The van der Waals surface area contributed by atoms with Crippen molar-refractivity contribution >= 4 is 65.0 Å². The van der Waals surface area contributed by atoms with Crippen LogP contribution < -0.4 is 9.47 Å². The van der Waals surface area contributed by atoms with Crippen molar-refractivity contribution in [1.29, 1.82) is 0 Å². The van der Waals surface area contributed by atoms with E-state index < -0.39 is 0 Å². The number of carbonyl (C=O) groups is 2. The third kappa shape index (κ3) is 5.50. The van der Waals surface area contributed by atoms with E-state index in [0.717, 1.165) is 21.5 Å². The van der Waals surface area contributed by atoms with E-state index in [1.54, 1.807) is 14.2 Å². The van der Waals surface area contributed by atoms with Gasteiger partial charge in [-0.1, -0.05) is 92.5 Å². The van der Waals surface area contributed by atoms with Gasteiger partial charge in [0.05, 0.1) is 35.0 Å². The third-order valence-electron chi connectivity index (χ3n) is 5.44. The first kappa shape index (κ1) is 25.9. The smallest absolute Gasteiger partial charge is 0.180 e. The Balaban J connectivity index is 0.000000191. The van der Waals surface area contributed by atoms with Crippen molar-refractivity contribution in [2.45, 2.75) is 23.5 Å². The molecular formula is C28H26Br2O4. The molecular weight excluding hydrogens is 560 g/mol. The van der Waals surface area contributed by atoms with E-state index in [2.05, 4.69) is 31.9 Å². The van der Waals surface area contributed by atoms with Crippen LogP contribution in [0.1, 0.15) is 34.6 Å². The fourth-order valence-electron chi connectivity index (χ4n) is 3.75. The second kappa shape index (κ2) is 11.6. The zero-order chi connectivity index (χ0) is 24.8. The lowest BCUT2D eigenvalue weighted by atomic mass is 9.99. The van der Waals surface area contributed by atoms with Gasteiger partial charge in [-0.15, -0.1) is 0 Å². The molecule has 0 aliphatic heterocycles. The van der Waals surface area contributed by atoms with E-state index in [4.69, 9.17) is 9.47 Å². The Morgan fingerprint density at radius 2 is 0.971 bits per heavy atom. The Labute approximate surface area is 216 Å². The number of methoxy groups -OCH3 is 2. The van der Waals surface area contributed by atoms with E-state index in [1.807, 2.05) is 86.6 Å². The van der Waals surface area contributed by atoms with E-state index in [1.165, 1.54) is 0 Å². The summed E-state index contributed by atoms with van der Waals surface area (Å²) in [5.74, 6) is 1.33.